The highest BCUT2D eigenvalue weighted by atomic mass is 32.2. The quantitative estimate of drug-likeness (QED) is 0.620. The first kappa shape index (κ1) is 22.1. The molecule has 0 bridgehead atoms. The van der Waals surface area contributed by atoms with Crippen molar-refractivity contribution in [3.63, 3.8) is 0 Å². The number of nitrogens with zero attached hydrogens (tertiary/aromatic N) is 3. The van der Waals surface area contributed by atoms with E-state index in [1.54, 1.807) is 11.0 Å². The summed E-state index contributed by atoms with van der Waals surface area (Å²) in [6.07, 6.45) is 2.51. The smallest absolute Gasteiger partial charge is 0.294 e. The fourth-order valence-corrected chi connectivity index (χ4v) is 4.94. The number of hydrogen-bond acceptors (Lipinski definition) is 5. The molecule has 1 fully saturated rings. The van der Waals surface area contributed by atoms with Crippen molar-refractivity contribution in [3.05, 3.63) is 70.1 Å². The number of rotatable bonds is 6. The third kappa shape index (κ3) is 4.58. The second-order valence-electron chi connectivity index (χ2n) is 7.87. The SMILES string of the molecule is CCN(CC)c1ccc(/C=C2\SC(=O)N(CC(=O)N3CCc4ccccc4C3)C2=O)cc1. The van der Waals surface area contributed by atoms with Gasteiger partial charge >= 0.3 is 0 Å². The lowest BCUT2D eigenvalue weighted by Gasteiger charge is -2.29. The van der Waals surface area contributed by atoms with Crippen LogP contribution in [0.25, 0.3) is 6.08 Å². The first-order chi connectivity index (χ1) is 15.5. The van der Waals surface area contributed by atoms with E-state index in [4.69, 9.17) is 0 Å². The summed E-state index contributed by atoms with van der Waals surface area (Å²) in [7, 11) is 0. The monoisotopic (exact) mass is 449 g/mol. The molecule has 0 N–H and O–H groups in total. The third-order valence-corrected chi connectivity index (χ3v) is 6.88. The maximum Gasteiger partial charge on any atom is 0.294 e. The summed E-state index contributed by atoms with van der Waals surface area (Å²) < 4.78 is 0. The molecule has 1 saturated heterocycles. The van der Waals surface area contributed by atoms with Crippen molar-refractivity contribution in [1.82, 2.24) is 9.80 Å². The van der Waals surface area contributed by atoms with Gasteiger partial charge in [0.15, 0.2) is 0 Å². The number of carbonyl (C=O) groups is 3. The summed E-state index contributed by atoms with van der Waals surface area (Å²) >= 11 is 0.891. The number of amides is 3. The molecular weight excluding hydrogens is 422 g/mol. The molecule has 2 heterocycles. The van der Waals surface area contributed by atoms with Gasteiger partial charge in [-0.1, -0.05) is 36.4 Å². The minimum Gasteiger partial charge on any atom is -0.372 e. The molecule has 0 saturated carbocycles. The molecule has 4 rings (SSSR count). The van der Waals surface area contributed by atoms with Crippen LogP contribution < -0.4 is 4.90 Å². The van der Waals surface area contributed by atoms with Crippen LogP contribution in [0.1, 0.15) is 30.5 Å². The molecule has 166 valence electrons. The van der Waals surface area contributed by atoms with Crippen LogP contribution in [0.3, 0.4) is 0 Å². The Kier molecular flexibility index (Phi) is 6.65. The van der Waals surface area contributed by atoms with E-state index in [9.17, 15) is 14.4 Å². The van der Waals surface area contributed by atoms with Gasteiger partial charge in [-0.05, 0) is 66.9 Å². The summed E-state index contributed by atoms with van der Waals surface area (Å²) in [6.45, 7) is 6.96. The molecule has 32 heavy (non-hydrogen) atoms. The van der Waals surface area contributed by atoms with E-state index < -0.39 is 11.1 Å². The Bertz CT molecular complexity index is 1060. The Balaban J connectivity index is 1.42. The topological polar surface area (TPSA) is 60.9 Å². The normalized spacial score (nSPS) is 17.1. The van der Waals surface area contributed by atoms with Gasteiger partial charge in [-0.15, -0.1) is 0 Å². The van der Waals surface area contributed by atoms with E-state index in [2.05, 4.69) is 24.8 Å². The van der Waals surface area contributed by atoms with Crippen molar-refractivity contribution in [2.45, 2.75) is 26.8 Å². The summed E-state index contributed by atoms with van der Waals surface area (Å²) in [5.41, 5.74) is 4.34. The van der Waals surface area contributed by atoms with E-state index in [-0.39, 0.29) is 12.5 Å². The molecular formula is C25H27N3O3S. The summed E-state index contributed by atoms with van der Waals surface area (Å²) in [5.74, 6) is -0.606. The number of carbonyl (C=O) groups excluding carboxylic acids is 3. The Hall–Kier alpha value is -3.06. The molecule has 0 aliphatic carbocycles. The molecule has 0 aromatic heterocycles. The van der Waals surface area contributed by atoms with Crippen LogP contribution in [0.5, 0.6) is 0 Å². The molecule has 2 aromatic rings. The summed E-state index contributed by atoms with van der Waals surface area (Å²) in [4.78, 5) is 43.5. The van der Waals surface area contributed by atoms with E-state index in [0.717, 1.165) is 53.0 Å². The van der Waals surface area contributed by atoms with Gasteiger partial charge in [0.25, 0.3) is 11.1 Å². The van der Waals surface area contributed by atoms with E-state index in [0.29, 0.717) is 18.0 Å². The largest absolute Gasteiger partial charge is 0.372 e. The van der Waals surface area contributed by atoms with Crippen molar-refractivity contribution in [1.29, 1.82) is 0 Å². The van der Waals surface area contributed by atoms with Crippen molar-refractivity contribution in [2.24, 2.45) is 0 Å². The van der Waals surface area contributed by atoms with Gasteiger partial charge in [-0.2, -0.15) is 0 Å². The van der Waals surface area contributed by atoms with Crippen molar-refractivity contribution in [3.8, 4) is 0 Å². The van der Waals surface area contributed by atoms with Crippen LogP contribution in [0.15, 0.2) is 53.4 Å². The first-order valence-electron chi connectivity index (χ1n) is 10.9. The van der Waals surface area contributed by atoms with Gasteiger partial charge in [-0.3, -0.25) is 19.3 Å². The molecule has 0 spiro atoms. The molecule has 6 nitrogen and oxygen atoms in total. The molecule has 2 aromatic carbocycles. The van der Waals surface area contributed by atoms with Gasteiger partial charge in [-0.25, -0.2) is 0 Å². The highest BCUT2D eigenvalue weighted by molar-refractivity contribution is 8.18. The number of imide groups is 1. The zero-order valence-electron chi connectivity index (χ0n) is 18.4. The van der Waals surface area contributed by atoms with Crippen molar-refractivity contribution in [2.75, 3.05) is 31.1 Å². The van der Waals surface area contributed by atoms with Crippen LogP contribution in [-0.2, 0) is 22.6 Å². The summed E-state index contributed by atoms with van der Waals surface area (Å²) in [6, 6.07) is 16.0. The Morgan fingerprint density at radius 2 is 1.72 bits per heavy atom. The standard InChI is InChI=1S/C25H27N3O3S/c1-3-26(4-2)21-11-9-18(10-12-21)15-22-24(30)28(25(31)32-22)17-23(29)27-14-13-19-7-5-6-8-20(19)16-27/h5-12,15H,3-4,13-14,16-17H2,1-2H3/b22-15-. The average molecular weight is 450 g/mol. The van der Waals surface area contributed by atoms with E-state index in [1.807, 2.05) is 42.5 Å². The van der Waals surface area contributed by atoms with Gasteiger partial charge in [0, 0.05) is 31.9 Å². The number of benzene rings is 2. The van der Waals surface area contributed by atoms with E-state index >= 15 is 0 Å². The maximum atomic E-state index is 12.8. The van der Waals surface area contributed by atoms with Crippen LogP contribution >= 0.6 is 11.8 Å². The molecule has 2 aliphatic rings. The van der Waals surface area contributed by atoms with E-state index in [1.165, 1.54) is 5.56 Å². The Labute approximate surface area is 192 Å². The minimum atomic E-state index is -0.404. The first-order valence-corrected chi connectivity index (χ1v) is 11.8. The predicted octanol–water partition coefficient (Wildman–Crippen LogP) is 4.15. The highest BCUT2D eigenvalue weighted by Gasteiger charge is 2.37. The molecule has 7 heteroatoms. The fourth-order valence-electron chi connectivity index (χ4n) is 4.10. The molecule has 0 radical (unpaired) electrons. The molecule has 0 atom stereocenters. The van der Waals surface area contributed by atoms with Crippen LogP contribution in [0.2, 0.25) is 0 Å². The average Bonchev–Trinajstić information content (AvgIpc) is 3.07. The van der Waals surface area contributed by atoms with Crippen LogP contribution in [-0.4, -0.2) is 53.0 Å². The number of hydrogen-bond donors (Lipinski definition) is 0. The number of thioether (sulfide) groups is 1. The zero-order valence-corrected chi connectivity index (χ0v) is 19.2. The second kappa shape index (κ2) is 9.61. The number of anilines is 1. The van der Waals surface area contributed by atoms with Gasteiger partial charge < -0.3 is 9.80 Å². The van der Waals surface area contributed by atoms with Gasteiger partial charge in [0.2, 0.25) is 5.91 Å². The molecule has 0 unspecified atom stereocenters. The summed E-state index contributed by atoms with van der Waals surface area (Å²) in [5, 5.41) is -0.397. The lowest BCUT2D eigenvalue weighted by atomic mass is 10.00. The zero-order chi connectivity index (χ0) is 22.7. The molecule has 2 aliphatic heterocycles. The third-order valence-electron chi connectivity index (χ3n) is 5.97. The number of fused-ring (bicyclic) bond motifs is 1. The Morgan fingerprint density at radius 1 is 1.03 bits per heavy atom. The fraction of sp³-hybridized carbons (Fsp3) is 0.320. The van der Waals surface area contributed by atoms with Crippen LogP contribution in [0.4, 0.5) is 10.5 Å². The van der Waals surface area contributed by atoms with Gasteiger partial charge in [0.05, 0.1) is 4.91 Å². The van der Waals surface area contributed by atoms with Crippen LogP contribution in [0, 0.1) is 0 Å². The highest BCUT2D eigenvalue weighted by Crippen LogP contribution is 2.32. The predicted molar refractivity (Wildman–Crippen MR) is 128 cm³/mol. The molecule has 3 amide bonds. The van der Waals surface area contributed by atoms with Gasteiger partial charge in [0.1, 0.15) is 6.54 Å². The van der Waals surface area contributed by atoms with Crippen molar-refractivity contribution < 1.29 is 14.4 Å². The lowest BCUT2D eigenvalue weighted by Crippen LogP contribution is -2.44. The Morgan fingerprint density at radius 3 is 2.41 bits per heavy atom. The van der Waals surface area contributed by atoms with Crippen molar-refractivity contribution >= 4 is 40.6 Å². The maximum absolute atomic E-state index is 12.8. The minimum absolute atomic E-state index is 0.202. The lowest BCUT2D eigenvalue weighted by molar-refractivity contribution is -0.136. The second-order valence-corrected chi connectivity index (χ2v) is 8.86.